The quantitative estimate of drug-likeness (QED) is 0.294. The Morgan fingerprint density at radius 3 is 2.03 bits per heavy atom. The van der Waals surface area contributed by atoms with E-state index in [2.05, 4.69) is 92.5 Å². The van der Waals surface area contributed by atoms with Gasteiger partial charge in [0.25, 0.3) is 0 Å². The van der Waals surface area contributed by atoms with E-state index in [4.69, 9.17) is 1.37 Å². The fourth-order valence-corrected chi connectivity index (χ4v) is 5.42. The van der Waals surface area contributed by atoms with E-state index in [1.54, 1.807) is 11.3 Å². The van der Waals surface area contributed by atoms with Gasteiger partial charge in [0.15, 0.2) is 0 Å². The van der Waals surface area contributed by atoms with E-state index in [9.17, 15) is 0 Å². The van der Waals surface area contributed by atoms with Crippen LogP contribution in [-0.4, -0.2) is 4.98 Å². The molecular weight excluding hydrogens is 382 g/mol. The molecule has 0 unspecified atom stereocenters. The molecule has 5 aromatic rings. The summed E-state index contributed by atoms with van der Waals surface area (Å²) in [4.78, 5) is 5.88. The van der Waals surface area contributed by atoms with Gasteiger partial charge in [0.1, 0.15) is 0 Å². The third-order valence-corrected chi connectivity index (χ3v) is 6.91. The summed E-state index contributed by atoms with van der Waals surface area (Å²) < 4.78 is 9.46. The van der Waals surface area contributed by atoms with E-state index < -0.39 is 0 Å². The highest BCUT2D eigenvalue weighted by molar-refractivity contribution is 7.23. The van der Waals surface area contributed by atoms with Crippen LogP contribution in [-0.2, 0) is 0 Å². The highest BCUT2D eigenvalue weighted by Crippen LogP contribution is 2.42. The first-order valence-electron chi connectivity index (χ1n) is 10.6. The Bertz CT molecular complexity index is 1380. The summed E-state index contributed by atoms with van der Waals surface area (Å²) in [6.45, 7) is 6.37. The molecule has 0 radical (unpaired) electrons. The lowest BCUT2D eigenvalue weighted by Crippen LogP contribution is -1.86. The van der Waals surface area contributed by atoms with Crippen molar-refractivity contribution in [2.24, 2.45) is 0 Å². The summed E-state index contributed by atoms with van der Waals surface area (Å²) >= 11 is 1.77. The lowest BCUT2D eigenvalue weighted by molar-refractivity contribution is 1.33. The molecule has 0 spiro atoms. The second-order valence-corrected chi connectivity index (χ2v) is 8.87. The van der Waals surface area contributed by atoms with Crippen LogP contribution in [0.1, 0.15) is 18.1 Å². The van der Waals surface area contributed by atoms with Gasteiger partial charge in [-0.3, -0.25) is 4.98 Å². The van der Waals surface area contributed by atoms with Gasteiger partial charge < -0.3 is 0 Å². The number of pyridine rings is 1. The second-order valence-electron chi connectivity index (χ2n) is 7.85. The maximum atomic E-state index is 8.30. The third kappa shape index (κ3) is 3.34. The molecule has 2 heteroatoms. The number of hydrogen-bond acceptors (Lipinski definition) is 2. The first-order valence-corrected chi connectivity index (χ1v) is 11.0. The number of benzene rings is 3. The van der Waals surface area contributed by atoms with E-state index in [0.29, 0.717) is 6.17 Å². The molecule has 1 nitrogen and oxygen atoms in total. The molecule has 0 atom stereocenters. The second kappa shape index (κ2) is 7.55. The van der Waals surface area contributed by atoms with Crippen LogP contribution >= 0.6 is 11.3 Å². The number of rotatable bonds is 3. The average Bonchev–Trinajstić information content (AvgIpc) is 3.09. The zero-order valence-electron chi connectivity index (χ0n) is 18.4. The van der Waals surface area contributed by atoms with Gasteiger partial charge in [-0.15, -0.1) is 11.3 Å². The average molecular weight is 407 g/mol. The highest BCUT2D eigenvalue weighted by Gasteiger charge is 2.15. The standard InChI is InChI=1S/C28H23NS/c1-18-15-19(2)17-24(16-18)26-28-25(13-14-29-26)20(3)27(30-28)23-11-9-22(10-12-23)21-7-5-4-6-8-21/h4-17H,1-3H3/i14D. The Hall–Kier alpha value is -3.23. The van der Waals surface area contributed by atoms with Gasteiger partial charge in [-0.05, 0) is 66.6 Å². The maximum absolute atomic E-state index is 8.30. The SMILES string of the molecule is [2H]c1cc2c(C)c(-c3ccc(-c4ccccc4)cc3)sc2c(-c2cc(C)cc(C)c2)n1. The molecule has 0 aliphatic carbocycles. The summed E-state index contributed by atoms with van der Waals surface area (Å²) in [5.74, 6) is 0. The van der Waals surface area contributed by atoms with Crippen molar-refractivity contribution in [1.82, 2.24) is 4.98 Å². The predicted octanol–water partition coefficient (Wildman–Crippen LogP) is 8.22. The van der Waals surface area contributed by atoms with Crippen LogP contribution in [0.3, 0.4) is 0 Å². The van der Waals surface area contributed by atoms with Crippen molar-refractivity contribution in [3.05, 3.63) is 102 Å². The number of aryl methyl sites for hydroxylation is 3. The molecule has 5 rings (SSSR count). The Balaban J connectivity index is 1.65. The van der Waals surface area contributed by atoms with Crippen LogP contribution in [0.5, 0.6) is 0 Å². The molecule has 0 saturated heterocycles. The summed E-state index contributed by atoms with van der Waals surface area (Å²) in [5.41, 5.74) is 9.29. The monoisotopic (exact) mass is 406 g/mol. The molecule has 0 N–H and O–H groups in total. The van der Waals surface area contributed by atoms with Crippen LogP contribution < -0.4 is 0 Å². The van der Waals surface area contributed by atoms with Gasteiger partial charge in [-0.25, -0.2) is 0 Å². The highest BCUT2D eigenvalue weighted by atomic mass is 32.1. The summed E-state index contributed by atoms with van der Waals surface area (Å²) in [7, 11) is 0. The zero-order valence-corrected chi connectivity index (χ0v) is 18.2. The molecule has 3 aromatic carbocycles. The van der Waals surface area contributed by atoms with Crippen molar-refractivity contribution in [1.29, 1.82) is 0 Å². The fourth-order valence-electron chi connectivity index (χ4n) is 4.12. The van der Waals surface area contributed by atoms with Crippen LogP contribution in [0, 0.1) is 20.8 Å². The Morgan fingerprint density at radius 2 is 1.33 bits per heavy atom. The number of nitrogens with zero attached hydrogens (tertiary/aromatic N) is 1. The summed E-state index contributed by atoms with van der Waals surface area (Å²) in [6, 6.07) is 27.6. The van der Waals surface area contributed by atoms with Crippen molar-refractivity contribution in [2.75, 3.05) is 0 Å². The topological polar surface area (TPSA) is 12.9 Å². The van der Waals surface area contributed by atoms with Crippen molar-refractivity contribution >= 4 is 21.4 Å². The number of aromatic nitrogens is 1. The Labute approximate surface area is 183 Å². The normalized spacial score (nSPS) is 11.6. The van der Waals surface area contributed by atoms with Crippen LogP contribution in [0.25, 0.3) is 42.9 Å². The summed E-state index contributed by atoms with van der Waals surface area (Å²) in [6.07, 6.45) is 0.313. The minimum atomic E-state index is 0.313. The molecule has 0 amide bonds. The molecular formula is C28H23NS. The van der Waals surface area contributed by atoms with E-state index >= 15 is 0 Å². The van der Waals surface area contributed by atoms with E-state index in [-0.39, 0.29) is 0 Å². The zero-order chi connectivity index (χ0) is 21.5. The molecule has 2 heterocycles. The molecule has 0 fully saturated rings. The van der Waals surface area contributed by atoms with Crippen LogP contribution in [0.15, 0.2) is 85.0 Å². The number of thiophene rings is 1. The minimum absolute atomic E-state index is 0.313. The van der Waals surface area contributed by atoms with Crippen LogP contribution in [0.4, 0.5) is 0 Å². The molecule has 2 aromatic heterocycles. The van der Waals surface area contributed by atoms with Crippen molar-refractivity contribution < 1.29 is 1.37 Å². The molecule has 0 saturated carbocycles. The summed E-state index contributed by atoms with van der Waals surface area (Å²) in [5, 5.41) is 1.13. The molecule has 0 aliphatic rings. The molecule has 146 valence electrons. The first kappa shape index (κ1) is 17.6. The van der Waals surface area contributed by atoms with E-state index in [0.717, 1.165) is 21.3 Å². The van der Waals surface area contributed by atoms with E-state index in [1.807, 2.05) is 12.1 Å². The van der Waals surface area contributed by atoms with Crippen molar-refractivity contribution in [3.8, 4) is 32.8 Å². The van der Waals surface area contributed by atoms with Gasteiger partial charge in [-0.2, -0.15) is 0 Å². The van der Waals surface area contributed by atoms with Crippen LogP contribution in [0.2, 0.25) is 0 Å². The Morgan fingerprint density at radius 1 is 0.700 bits per heavy atom. The van der Waals surface area contributed by atoms with Gasteiger partial charge in [0.2, 0.25) is 0 Å². The van der Waals surface area contributed by atoms with Gasteiger partial charge in [-0.1, -0.05) is 71.8 Å². The lowest BCUT2D eigenvalue weighted by atomic mass is 10.0. The number of hydrogen-bond donors (Lipinski definition) is 0. The predicted molar refractivity (Wildman–Crippen MR) is 130 cm³/mol. The van der Waals surface area contributed by atoms with Crippen molar-refractivity contribution in [2.45, 2.75) is 20.8 Å². The van der Waals surface area contributed by atoms with Gasteiger partial charge >= 0.3 is 0 Å². The van der Waals surface area contributed by atoms with E-state index in [1.165, 1.54) is 38.3 Å². The smallest absolute Gasteiger partial charge is 0.0880 e. The van der Waals surface area contributed by atoms with Gasteiger partial charge in [0.05, 0.1) is 11.8 Å². The fraction of sp³-hybridized carbons (Fsp3) is 0.107. The van der Waals surface area contributed by atoms with Gasteiger partial charge in [0, 0.05) is 16.6 Å². The Kier molecular flexibility index (Phi) is 4.43. The number of fused-ring (bicyclic) bond motifs is 1. The molecule has 30 heavy (non-hydrogen) atoms. The third-order valence-electron chi connectivity index (χ3n) is 5.54. The maximum Gasteiger partial charge on any atom is 0.0880 e. The lowest BCUT2D eigenvalue weighted by Gasteiger charge is -2.05. The largest absolute Gasteiger partial charge is 0.255 e. The molecule has 0 aliphatic heterocycles. The molecule has 0 bridgehead atoms. The minimum Gasteiger partial charge on any atom is -0.255 e. The van der Waals surface area contributed by atoms with Crippen molar-refractivity contribution in [3.63, 3.8) is 0 Å². The first-order chi connectivity index (χ1) is 15.0.